The number of hydrogen-bond acceptors (Lipinski definition) is 3. The van der Waals surface area contributed by atoms with Gasteiger partial charge >= 0.3 is 0 Å². The minimum absolute atomic E-state index is 0.0691. The Hall–Kier alpha value is -1.39. The predicted octanol–water partition coefficient (Wildman–Crippen LogP) is 2.25. The Bertz CT molecular complexity index is 493. The molecule has 1 aromatic rings. The fourth-order valence-corrected chi connectivity index (χ4v) is 2.60. The molecule has 0 aromatic heterocycles. The molecule has 1 saturated heterocycles. The molecule has 0 radical (unpaired) electrons. The van der Waals surface area contributed by atoms with Crippen LogP contribution in [-0.4, -0.2) is 47.8 Å². The highest BCUT2D eigenvalue weighted by Gasteiger charge is 2.26. The van der Waals surface area contributed by atoms with Crippen molar-refractivity contribution in [3.05, 3.63) is 35.4 Å². The topological polar surface area (TPSA) is 49.8 Å². The molecule has 0 saturated carbocycles. The Morgan fingerprint density at radius 3 is 2.86 bits per heavy atom. The fraction of sp³-hybridized carbons (Fsp3) is 0.588. The van der Waals surface area contributed by atoms with Crippen LogP contribution in [-0.2, 0) is 11.2 Å². The van der Waals surface area contributed by atoms with Gasteiger partial charge in [-0.15, -0.1) is 0 Å². The Labute approximate surface area is 126 Å². The molecule has 2 rings (SSSR count). The van der Waals surface area contributed by atoms with Crippen LogP contribution in [0, 0.1) is 0 Å². The Morgan fingerprint density at radius 2 is 2.24 bits per heavy atom. The summed E-state index contributed by atoms with van der Waals surface area (Å²) in [6, 6.07) is 7.71. The molecule has 0 unspecified atom stereocenters. The van der Waals surface area contributed by atoms with Crippen molar-refractivity contribution in [2.75, 3.05) is 20.2 Å². The van der Waals surface area contributed by atoms with Crippen molar-refractivity contribution in [2.45, 2.75) is 44.8 Å². The van der Waals surface area contributed by atoms with Crippen LogP contribution < -0.4 is 0 Å². The van der Waals surface area contributed by atoms with Gasteiger partial charge in [-0.2, -0.15) is 0 Å². The molecule has 0 spiro atoms. The van der Waals surface area contributed by atoms with E-state index >= 15 is 0 Å². The van der Waals surface area contributed by atoms with Crippen molar-refractivity contribution in [3.8, 4) is 0 Å². The van der Waals surface area contributed by atoms with E-state index in [1.807, 2.05) is 29.2 Å². The summed E-state index contributed by atoms with van der Waals surface area (Å²) in [6.45, 7) is 5.03. The van der Waals surface area contributed by atoms with Crippen LogP contribution in [0.1, 0.15) is 42.6 Å². The second-order valence-electron chi connectivity index (χ2n) is 6.41. The number of likely N-dealkylation sites (tertiary alicyclic amines) is 1. The molecule has 0 aliphatic carbocycles. The Morgan fingerprint density at radius 1 is 1.48 bits per heavy atom. The summed E-state index contributed by atoms with van der Waals surface area (Å²) < 4.78 is 5.31. The van der Waals surface area contributed by atoms with Crippen molar-refractivity contribution in [1.29, 1.82) is 0 Å². The fourth-order valence-electron chi connectivity index (χ4n) is 2.60. The molecular formula is C17H25NO3. The van der Waals surface area contributed by atoms with Gasteiger partial charge in [-0.25, -0.2) is 0 Å². The molecule has 21 heavy (non-hydrogen) atoms. The van der Waals surface area contributed by atoms with Gasteiger partial charge in [0.2, 0.25) is 0 Å². The number of methoxy groups -OCH3 is 1. The third-order valence-corrected chi connectivity index (χ3v) is 3.96. The van der Waals surface area contributed by atoms with Crippen molar-refractivity contribution in [2.24, 2.45) is 0 Å². The summed E-state index contributed by atoms with van der Waals surface area (Å²) in [5, 5.41) is 9.80. The number of aryl methyl sites for hydroxylation is 1. The number of ether oxygens (including phenoxy) is 1. The van der Waals surface area contributed by atoms with Gasteiger partial charge in [-0.1, -0.05) is 12.1 Å². The molecule has 1 aliphatic heterocycles. The smallest absolute Gasteiger partial charge is 0.253 e. The van der Waals surface area contributed by atoms with E-state index in [0.29, 0.717) is 13.0 Å². The van der Waals surface area contributed by atoms with Gasteiger partial charge in [-0.3, -0.25) is 4.79 Å². The van der Waals surface area contributed by atoms with Gasteiger partial charge in [0.25, 0.3) is 5.91 Å². The van der Waals surface area contributed by atoms with Gasteiger partial charge in [0.1, 0.15) is 0 Å². The number of aliphatic hydroxyl groups is 1. The van der Waals surface area contributed by atoms with Crippen molar-refractivity contribution >= 4 is 5.91 Å². The number of carbonyl (C=O) groups excluding carboxylic acids is 1. The standard InChI is InChI=1S/C17H25NO3/c1-17(2,20)9-7-13-5-4-6-14(11-13)16(19)18-10-8-15(12-18)21-3/h4-6,11,15,20H,7-10,12H2,1-3H3/t15-/m0/s1. The van der Waals surface area contributed by atoms with Gasteiger partial charge in [0.15, 0.2) is 0 Å². The van der Waals surface area contributed by atoms with E-state index in [1.165, 1.54) is 0 Å². The van der Waals surface area contributed by atoms with Gasteiger partial charge in [0.05, 0.1) is 11.7 Å². The van der Waals surface area contributed by atoms with E-state index in [4.69, 9.17) is 4.74 Å². The highest BCUT2D eigenvalue weighted by Crippen LogP contribution is 2.18. The lowest BCUT2D eigenvalue weighted by molar-refractivity contribution is 0.0714. The molecule has 1 amide bonds. The number of amides is 1. The molecule has 1 heterocycles. The summed E-state index contributed by atoms with van der Waals surface area (Å²) in [6.07, 6.45) is 2.51. The van der Waals surface area contributed by atoms with E-state index in [1.54, 1.807) is 21.0 Å². The zero-order valence-electron chi connectivity index (χ0n) is 13.1. The first-order chi connectivity index (χ1) is 9.89. The summed E-state index contributed by atoms with van der Waals surface area (Å²) in [7, 11) is 1.69. The molecule has 1 atom stereocenters. The first-order valence-electron chi connectivity index (χ1n) is 7.52. The van der Waals surface area contributed by atoms with Crippen molar-refractivity contribution in [3.63, 3.8) is 0 Å². The van der Waals surface area contributed by atoms with Crippen molar-refractivity contribution < 1.29 is 14.6 Å². The van der Waals surface area contributed by atoms with Crippen LogP contribution in [0.15, 0.2) is 24.3 Å². The molecule has 1 aromatic carbocycles. The van der Waals surface area contributed by atoms with Gasteiger partial charge < -0.3 is 14.7 Å². The predicted molar refractivity (Wildman–Crippen MR) is 82.4 cm³/mol. The van der Waals surface area contributed by atoms with Crippen LogP contribution in [0.5, 0.6) is 0 Å². The van der Waals surface area contributed by atoms with Gasteiger partial charge in [-0.05, 0) is 50.8 Å². The normalized spacial score (nSPS) is 19.0. The zero-order valence-corrected chi connectivity index (χ0v) is 13.1. The Kier molecular flexibility index (Phi) is 5.01. The van der Waals surface area contributed by atoms with Crippen LogP contribution in [0.3, 0.4) is 0 Å². The van der Waals surface area contributed by atoms with E-state index in [9.17, 15) is 9.90 Å². The first-order valence-corrected chi connectivity index (χ1v) is 7.52. The molecular weight excluding hydrogens is 266 g/mol. The average molecular weight is 291 g/mol. The number of rotatable bonds is 5. The van der Waals surface area contributed by atoms with E-state index < -0.39 is 5.60 Å². The summed E-state index contributed by atoms with van der Waals surface area (Å²) in [4.78, 5) is 14.3. The van der Waals surface area contributed by atoms with E-state index in [2.05, 4.69) is 0 Å². The zero-order chi connectivity index (χ0) is 15.5. The maximum Gasteiger partial charge on any atom is 0.253 e. The summed E-state index contributed by atoms with van der Waals surface area (Å²) in [5.74, 6) is 0.0691. The molecule has 1 N–H and O–H groups in total. The lowest BCUT2D eigenvalue weighted by atomic mass is 9.98. The Balaban J connectivity index is 2.02. The molecule has 1 aliphatic rings. The number of nitrogens with zero attached hydrogens (tertiary/aromatic N) is 1. The van der Waals surface area contributed by atoms with Crippen LogP contribution in [0.25, 0.3) is 0 Å². The molecule has 0 bridgehead atoms. The number of carbonyl (C=O) groups is 1. The van der Waals surface area contributed by atoms with E-state index in [-0.39, 0.29) is 12.0 Å². The first kappa shape index (κ1) is 16.0. The lowest BCUT2D eigenvalue weighted by Gasteiger charge is -2.18. The van der Waals surface area contributed by atoms with Crippen LogP contribution in [0.4, 0.5) is 0 Å². The minimum atomic E-state index is -0.680. The highest BCUT2D eigenvalue weighted by atomic mass is 16.5. The monoisotopic (exact) mass is 291 g/mol. The maximum absolute atomic E-state index is 12.5. The SMILES string of the molecule is CO[C@H]1CCN(C(=O)c2cccc(CCC(C)(C)O)c2)C1. The summed E-state index contributed by atoms with van der Waals surface area (Å²) >= 11 is 0. The molecule has 4 nitrogen and oxygen atoms in total. The largest absolute Gasteiger partial charge is 0.390 e. The molecule has 116 valence electrons. The van der Waals surface area contributed by atoms with Crippen LogP contribution >= 0.6 is 0 Å². The van der Waals surface area contributed by atoms with E-state index in [0.717, 1.165) is 30.5 Å². The second-order valence-corrected chi connectivity index (χ2v) is 6.41. The maximum atomic E-state index is 12.5. The average Bonchev–Trinajstić information content (AvgIpc) is 2.93. The number of benzene rings is 1. The quantitative estimate of drug-likeness (QED) is 0.905. The summed E-state index contributed by atoms with van der Waals surface area (Å²) in [5.41, 5.74) is 1.13. The van der Waals surface area contributed by atoms with Gasteiger partial charge in [0, 0.05) is 25.8 Å². The highest BCUT2D eigenvalue weighted by molar-refractivity contribution is 5.94. The number of hydrogen-bond donors (Lipinski definition) is 1. The third kappa shape index (κ3) is 4.55. The second kappa shape index (κ2) is 6.58. The minimum Gasteiger partial charge on any atom is -0.390 e. The molecule has 4 heteroatoms. The lowest BCUT2D eigenvalue weighted by Crippen LogP contribution is -2.30. The van der Waals surface area contributed by atoms with Crippen LogP contribution in [0.2, 0.25) is 0 Å². The molecule has 1 fully saturated rings. The third-order valence-electron chi connectivity index (χ3n) is 3.96. The van der Waals surface area contributed by atoms with Crippen molar-refractivity contribution in [1.82, 2.24) is 4.90 Å².